The fraction of sp³-hybridized carbons (Fsp3) is 0.167. The van der Waals surface area contributed by atoms with Crippen LogP contribution in [0.25, 0.3) is 0 Å². The molecule has 0 aliphatic carbocycles. The zero-order chi connectivity index (χ0) is 13.7. The summed E-state index contributed by atoms with van der Waals surface area (Å²) in [5.74, 6) is -0.0895. The first kappa shape index (κ1) is 14.4. The highest BCUT2D eigenvalue weighted by atomic mass is 35.5. The number of ether oxygens (including phenoxy) is 1. The fourth-order valence-electron chi connectivity index (χ4n) is 1.16. The quantitative estimate of drug-likeness (QED) is 0.681. The Bertz CT molecular complexity index is 543. The standard InChI is InChI=1S/C12H10Cl2N2O2/c1-7(16)9(5-15)12(17)6-18-8-2-3-10(13)11(14)4-8/h2-4H,6,16H2,1H3. The first-order chi connectivity index (χ1) is 8.45. The van der Waals surface area contributed by atoms with Crippen LogP contribution in [-0.4, -0.2) is 12.4 Å². The van der Waals surface area contributed by atoms with Crippen LogP contribution < -0.4 is 10.5 Å². The van der Waals surface area contributed by atoms with E-state index in [4.69, 9.17) is 38.9 Å². The Morgan fingerprint density at radius 2 is 2.11 bits per heavy atom. The summed E-state index contributed by atoms with van der Waals surface area (Å²) < 4.78 is 5.20. The van der Waals surface area contributed by atoms with E-state index in [9.17, 15) is 4.79 Å². The Morgan fingerprint density at radius 1 is 1.44 bits per heavy atom. The van der Waals surface area contributed by atoms with Gasteiger partial charge < -0.3 is 10.5 Å². The van der Waals surface area contributed by atoms with Crippen LogP contribution in [0.4, 0.5) is 0 Å². The molecule has 4 nitrogen and oxygen atoms in total. The van der Waals surface area contributed by atoms with E-state index in [2.05, 4.69) is 0 Å². The van der Waals surface area contributed by atoms with Crippen molar-refractivity contribution in [2.75, 3.05) is 6.61 Å². The lowest BCUT2D eigenvalue weighted by Gasteiger charge is -2.06. The number of carbonyl (C=O) groups excluding carboxylic acids is 1. The lowest BCUT2D eigenvalue weighted by atomic mass is 10.1. The zero-order valence-corrected chi connectivity index (χ0v) is 11.0. The third-order valence-corrected chi connectivity index (χ3v) is 2.79. The zero-order valence-electron chi connectivity index (χ0n) is 9.54. The Kier molecular flexibility index (Phi) is 5.02. The SMILES string of the molecule is CC(N)=C(C#N)C(=O)COc1ccc(Cl)c(Cl)c1. The largest absolute Gasteiger partial charge is 0.485 e. The summed E-state index contributed by atoms with van der Waals surface area (Å²) in [6.45, 7) is 1.20. The van der Waals surface area contributed by atoms with Crippen molar-refractivity contribution < 1.29 is 9.53 Å². The molecule has 2 N–H and O–H groups in total. The van der Waals surface area contributed by atoms with Gasteiger partial charge in [0, 0.05) is 11.8 Å². The minimum Gasteiger partial charge on any atom is -0.485 e. The van der Waals surface area contributed by atoms with Gasteiger partial charge in [-0.05, 0) is 19.1 Å². The number of rotatable bonds is 4. The number of Topliss-reactive ketones (excluding diaryl/α,β-unsaturated/α-hetero) is 1. The number of nitrogens with zero attached hydrogens (tertiary/aromatic N) is 1. The molecule has 0 bridgehead atoms. The summed E-state index contributed by atoms with van der Waals surface area (Å²) in [7, 11) is 0. The minimum atomic E-state index is -0.483. The van der Waals surface area contributed by atoms with Crippen LogP contribution in [0.5, 0.6) is 5.75 Å². The highest BCUT2D eigenvalue weighted by Crippen LogP contribution is 2.26. The van der Waals surface area contributed by atoms with Gasteiger partial charge in [0.15, 0.2) is 6.61 Å². The van der Waals surface area contributed by atoms with Crippen molar-refractivity contribution in [3.8, 4) is 11.8 Å². The molecule has 94 valence electrons. The molecule has 0 aliphatic rings. The molecule has 0 atom stereocenters. The molecule has 0 saturated heterocycles. The van der Waals surface area contributed by atoms with E-state index in [-0.39, 0.29) is 17.9 Å². The lowest BCUT2D eigenvalue weighted by Crippen LogP contribution is -2.16. The number of hydrogen-bond donors (Lipinski definition) is 1. The first-order valence-corrected chi connectivity index (χ1v) is 5.68. The molecule has 0 amide bonds. The number of benzene rings is 1. The van der Waals surface area contributed by atoms with E-state index in [0.29, 0.717) is 15.8 Å². The molecule has 0 fully saturated rings. The maximum atomic E-state index is 11.6. The molecule has 0 radical (unpaired) electrons. The van der Waals surface area contributed by atoms with Crippen LogP contribution in [0, 0.1) is 11.3 Å². The Morgan fingerprint density at radius 3 is 2.61 bits per heavy atom. The molecule has 0 aliphatic heterocycles. The summed E-state index contributed by atoms with van der Waals surface area (Å²) >= 11 is 11.5. The van der Waals surface area contributed by atoms with E-state index < -0.39 is 5.78 Å². The molecule has 0 heterocycles. The van der Waals surface area contributed by atoms with Crippen molar-refractivity contribution >= 4 is 29.0 Å². The molecule has 18 heavy (non-hydrogen) atoms. The van der Waals surface area contributed by atoms with Gasteiger partial charge in [0.05, 0.1) is 10.0 Å². The van der Waals surface area contributed by atoms with Crippen LogP contribution >= 0.6 is 23.2 Å². The van der Waals surface area contributed by atoms with Gasteiger partial charge in [0.1, 0.15) is 17.4 Å². The van der Waals surface area contributed by atoms with Crippen LogP contribution in [0.2, 0.25) is 10.0 Å². The van der Waals surface area contributed by atoms with Crippen molar-refractivity contribution in [2.24, 2.45) is 5.73 Å². The number of nitrogens with two attached hydrogens (primary N) is 1. The molecule has 1 aromatic carbocycles. The molecular weight excluding hydrogens is 275 g/mol. The summed E-state index contributed by atoms with van der Waals surface area (Å²) in [5, 5.41) is 9.46. The van der Waals surface area contributed by atoms with Gasteiger partial charge in [0.2, 0.25) is 5.78 Å². The summed E-state index contributed by atoms with van der Waals surface area (Å²) in [4.78, 5) is 11.6. The first-order valence-electron chi connectivity index (χ1n) is 4.93. The third kappa shape index (κ3) is 3.66. The Hall–Kier alpha value is -1.70. The predicted molar refractivity (Wildman–Crippen MR) is 69.5 cm³/mol. The van der Waals surface area contributed by atoms with Crippen molar-refractivity contribution in [3.05, 3.63) is 39.5 Å². The molecule has 1 rings (SSSR count). The van der Waals surface area contributed by atoms with Crippen molar-refractivity contribution in [1.82, 2.24) is 0 Å². The highest BCUT2D eigenvalue weighted by molar-refractivity contribution is 6.42. The topological polar surface area (TPSA) is 76.1 Å². The molecule has 0 saturated carbocycles. The maximum absolute atomic E-state index is 11.6. The average molecular weight is 285 g/mol. The predicted octanol–water partition coefficient (Wildman–Crippen LogP) is 2.70. The van der Waals surface area contributed by atoms with Crippen LogP contribution in [0.15, 0.2) is 29.5 Å². The molecule has 6 heteroatoms. The third-order valence-electron chi connectivity index (χ3n) is 2.05. The molecule has 1 aromatic rings. The number of nitriles is 1. The van der Waals surface area contributed by atoms with Gasteiger partial charge >= 0.3 is 0 Å². The number of hydrogen-bond acceptors (Lipinski definition) is 4. The fourth-order valence-corrected chi connectivity index (χ4v) is 1.45. The van der Waals surface area contributed by atoms with E-state index in [0.717, 1.165) is 0 Å². The Balaban J connectivity index is 2.72. The maximum Gasteiger partial charge on any atom is 0.212 e. The van der Waals surface area contributed by atoms with Crippen LogP contribution in [-0.2, 0) is 4.79 Å². The van der Waals surface area contributed by atoms with Crippen molar-refractivity contribution in [1.29, 1.82) is 5.26 Å². The van der Waals surface area contributed by atoms with Crippen LogP contribution in [0.3, 0.4) is 0 Å². The second-order valence-corrected chi connectivity index (χ2v) is 4.27. The number of allylic oxidation sites excluding steroid dienone is 1. The van der Waals surface area contributed by atoms with Crippen LogP contribution in [0.1, 0.15) is 6.92 Å². The van der Waals surface area contributed by atoms with Crippen molar-refractivity contribution in [3.63, 3.8) is 0 Å². The number of ketones is 1. The van der Waals surface area contributed by atoms with Gasteiger partial charge in [-0.25, -0.2) is 0 Å². The average Bonchev–Trinajstić information content (AvgIpc) is 2.31. The number of halogens is 2. The molecule has 0 aromatic heterocycles. The Labute approximate surface area is 115 Å². The van der Waals surface area contributed by atoms with Gasteiger partial charge in [0.25, 0.3) is 0 Å². The van der Waals surface area contributed by atoms with E-state index in [1.165, 1.54) is 13.0 Å². The summed E-state index contributed by atoms with van der Waals surface area (Å²) in [6.07, 6.45) is 0. The summed E-state index contributed by atoms with van der Waals surface area (Å²) in [6, 6.07) is 6.35. The molecular formula is C12H10Cl2N2O2. The van der Waals surface area contributed by atoms with Gasteiger partial charge in [-0.15, -0.1) is 0 Å². The van der Waals surface area contributed by atoms with Gasteiger partial charge in [-0.2, -0.15) is 5.26 Å². The normalized spacial score (nSPS) is 11.4. The molecule has 0 spiro atoms. The van der Waals surface area contributed by atoms with E-state index >= 15 is 0 Å². The minimum absolute atomic E-state index is 0.102. The summed E-state index contributed by atoms with van der Waals surface area (Å²) in [5.41, 5.74) is 5.47. The van der Waals surface area contributed by atoms with Gasteiger partial charge in [-0.1, -0.05) is 23.2 Å². The van der Waals surface area contributed by atoms with Gasteiger partial charge in [-0.3, -0.25) is 4.79 Å². The van der Waals surface area contributed by atoms with E-state index in [1.54, 1.807) is 18.2 Å². The van der Waals surface area contributed by atoms with Crippen molar-refractivity contribution in [2.45, 2.75) is 6.92 Å². The number of carbonyl (C=O) groups is 1. The molecule has 0 unspecified atom stereocenters. The van der Waals surface area contributed by atoms with E-state index in [1.807, 2.05) is 0 Å². The lowest BCUT2D eigenvalue weighted by molar-refractivity contribution is -0.117. The second kappa shape index (κ2) is 6.29. The highest BCUT2D eigenvalue weighted by Gasteiger charge is 2.12. The second-order valence-electron chi connectivity index (χ2n) is 3.46. The monoisotopic (exact) mass is 284 g/mol. The smallest absolute Gasteiger partial charge is 0.212 e.